The van der Waals surface area contributed by atoms with Gasteiger partial charge in [0.25, 0.3) is 0 Å². The highest BCUT2D eigenvalue weighted by Gasteiger charge is 2.28. The van der Waals surface area contributed by atoms with E-state index in [2.05, 4.69) is 49.1 Å². The molecule has 16 heavy (non-hydrogen) atoms. The largest absolute Gasteiger partial charge is 0.288 e. The Morgan fingerprint density at radius 3 is 2.94 bits per heavy atom. The molecule has 0 aromatic heterocycles. The highest BCUT2D eigenvalue weighted by atomic mass is 15.1. The fourth-order valence-electron chi connectivity index (χ4n) is 2.81. The maximum Gasteiger partial charge on any atom is 0.0601 e. The SMILES string of the molecule is C#CCN(C)C1c2ccccc2CCC1C. The van der Waals surface area contributed by atoms with Gasteiger partial charge in [-0.1, -0.05) is 37.1 Å². The summed E-state index contributed by atoms with van der Waals surface area (Å²) in [6.45, 7) is 3.05. The van der Waals surface area contributed by atoms with Crippen LogP contribution in [0.25, 0.3) is 0 Å². The molecule has 0 N–H and O–H groups in total. The van der Waals surface area contributed by atoms with Gasteiger partial charge in [-0.15, -0.1) is 6.42 Å². The molecule has 2 unspecified atom stereocenters. The molecule has 1 nitrogen and oxygen atoms in total. The number of hydrogen-bond donors (Lipinski definition) is 0. The normalized spacial score (nSPS) is 23.9. The van der Waals surface area contributed by atoms with Crippen molar-refractivity contribution in [3.63, 3.8) is 0 Å². The molecule has 1 aromatic rings. The Morgan fingerprint density at radius 2 is 2.19 bits per heavy atom. The van der Waals surface area contributed by atoms with Crippen LogP contribution in [0.2, 0.25) is 0 Å². The van der Waals surface area contributed by atoms with Crippen LogP contribution in [0.3, 0.4) is 0 Å². The topological polar surface area (TPSA) is 3.24 Å². The van der Waals surface area contributed by atoms with Gasteiger partial charge >= 0.3 is 0 Å². The van der Waals surface area contributed by atoms with Crippen molar-refractivity contribution in [3.8, 4) is 12.3 Å². The first kappa shape index (κ1) is 11.2. The molecule has 84 valence electrons. The Hall–Kier alpha value is -1.26. The molecule has 0 fully saturated rings. The predicted molar refractivity (Wildman–Crippen MR) is 68.1 cm³/mol. The molecule has 0 aliphatic heterocycles. The predicted octanol–water partition coefficient (Wildman–Crippen LogP) is 2.88. The minimum atomic E-state index is 0.487. The molecular weight excluding hydrogens is 194 g/mol. The zero-order valence-electron chi connectivity index (χ0n) is 10.1. The van der Waals surface area contributed by atoms with Crippen LogP contribution >= 0.6 is 0 Å². The highest BCUT2D eigenvalue weighted by molar-refractivity contribution is 5.33. The van der Waals surface area contributed by atoms with E-state index in [9.17, 15) is 0 Å². The molecule has 0 heterocycles. The van der Waals surface area contributed by atoms with E-state index in [1.807, 2.05) is 0 Å². The molecule has 2 atom stereocenters. The van der Waals surface area contributed by atoms with Gasteiger partial charge in [-0.05, 0) is 36.9 Å². The third kappa shape index (κ3) is 1.99. The van der Waals surface area contributed by atoms with Crippen molar-refractivity contribution < 1.29 is 0 Å². The summed E-state index contributed by atoms with van der Waals surface area (Å²) in [5.74, 6) is 3.43. The molecule has 0 bridgehead atoms. The summed E-state index contributed by atoms with van der Waals surface area (Å²) in [7, 11) is 2.13. The number of hydrogen-bond acceptors (Lipinski definition) is 1. The summed E-state index contributed by atoms with van der Waals surface area (Å²) in [4.78, 5) is 2.29. The van der Waals surface area contributed by atoms with E-state index < -0.39 is 0 Å². The number of nitrogens with zero attached hydrogens (tertiary/aromatic N) is 1. The van der Waals surface area contributed by atoms with Crippen molar-refractivity contribution >= 4 is 0 Å². The van der Waals surface area contributed by atoms with E-state index in [0.29, 0.717) is 12.0 Å². The van der Waals surface area contributed by atoms with Gasteiger partial charge in [0.05, 0.1) is 6.54 Å². The minimum Gasteiger partial charge on any atom is -0.288 e. The van der Waals surface area contributed by atoms with Gasteiger partial charge in [0.15, 0.2) is 0 Å². The number of rotatable bonds is 2. The fourth-order valence-corrected chi connectivity index (χ4v) is 2.81. The molecular formula is C15H19N. The summed E-state index contributed by atoms with van der Waals surface area (Å²) in [5, 5.41) is 0. The van der Waals surface area contributed by atoms with E-state index in [4.69, 9.17) is 6.42 Å². The quantitative estimate of drug-likeness (QED) is 0.683. The van der Waals surface area contributed by atoms with Crippen molar-refractivity contribution in [2.24, 2.45) is 5.92 Å². The molecule has 1 aromatic carbocycles. The van der Waals surface area contributed by atoms with Gasteiger partial charge in [0.2, 0.25) is 0 Å². The first-order chi connectivity index (χ1) is 7.74. The molecule has 2 rings (SSSR count). The van der Waals surface area contributed by atoms with E-state index in [0.717, 1.165) is 6.54 Å². The average molecular weight is 213 g/mol. The Kier molecular flexibility index (Phi) is 3.31. The van der Waals surface area contributed by atoms with E-state index >= 15 is 0 Å². The van der Waals surface area contributed by atoms with Crippen molar-refractivity contribution in [3.05, 3.63) is 35.4 Å². The summed E-state index contributed by atoms with van der Waals surface area (Å²) in [6, 6.07) is 9.25. The Bertz CT molecular complexity index is 402. The summed E-state index contributed by atoms with van der Waals surface area (Å²) < 4.78 is 0. The molecule has 0 spiro atoms. The summed E-state index contributed by atoms with van der Waals surface area (Å²) >= 11 is 0. The summed E-state index contributed by atoms with van der Waals surface area (Å²) in [6.07, 6.45) is 7.88. The van der Waals surface area contributed by atoms with Crippen LogP contribution in [0.5, 0.6) is 0 Å². The van der Waals surface area contributed by atoms with Crippen LogP contribution in [0.15, 0.2) is 24.3 Å². The van der Waals surface area contributed by atoms with Crippen LogP contribution < -0.4 is 0 Å². The van der Waals surface area contributed by atoms with Crippen molar-refractivity contribution in [2.45, 2.75) is 25.8 Å². The van der Waals surface area contributed by atoms with Crippen LogP contribution in [-0.4, -0.2) is 18.5 Å². The molecule has 0 saturated carbocycles. The lowest BCUT2D eigenvalue weighted by molar-refractivity contribution is 0.187. The van der Waals surface area contributed by atoms with Crippen molar-refractivity contribution in [1.82, 2.24) is 4.90 Å². The maximum atomic E-state index is 5.41. The smallest absolute Gasteiger partial charge is 0.0601 e. The molecule has 1 aliphatic carbocycles. The fraction of sp³-hybridized carbons (Fsp3) is 0.467. The van der Waals surface area contributed by atoms with Gasteiger partial charge in [0, 0.05) is 6.04 Å². The van der Waals surface area contributed by atoms with Crippen LogP contribution in [-0.2, 0) is 6.42 Å². The Balaban J connectivity index is 2.33. The van der Waals surface area contributed by atoms with Crippen molar-refractivity contribution in [1.29, 1.82) is 0 Å². The second-order valence-electron chi connectivity index (χ2n) is 4.78. The lowest BCUT2D eigenvalue weighted by Gasteiger charge is -2.37. The van der Waals surface area contributed by atoms with Crippen molar-refractivity contribution in [2.75, 3.05) is 13.6 Å². The molecule has 0 saturated heterocycles. The van der Waals surface area contributed by atoms with Gasteiger partial charge in [-0.3, -0.25) is 4.90 Å². The maximum absolute atomic E-state index is 5.41. The van der Waals surface area contributed by atoms with Crippen LogP contribution in [0, 0.1) is 18.3 Å². The van der Waals surface area contributed by atoms with Gasteiger partial charge in [-0.2, -0.15) is 0 Å². The van der Waals surface area contributed by atoms with Gasteiger partial charge in [-0.25, -0.2) is 0 Å². The zero-order valence-corrected chi connectivity index (χ0v) is 10.1. The Morgan fingerprint density at radius 1 is 1.44 bits per heavy atom. The van der Waals surface area contributed by atoms with Gasteiger partial charge in [0.1, 0.15) is 0 Å². The van der Waals surface area contributed by atoms with Gasteiger partial charge < -0.3 is 0 Å². The lowest BCUT2D eigenvalue weighted by Crippen LogP contribution is -2.33. The number of fused-ring (bicyclic) bond motifs is 1. The standard InChI is InChI=1S/C15H19N/c1-4-11-16(3)15-12(2)9-10-13-7-5-6-8-14(13)15/h1,5-8,12,15H,9-11H2,2-3H3. The molecule has 1 heteroatoms. The second kappa shape index (κ2) is 4.72. The van der Waals surface area contributed by atoms with E-state index in [-0.39, 0.29) is 0 Å². The molecule has 0 radical (unpaired) electrons. The minimum absolute atomic E-state index is 0.487. The monoisotopic (exact) mass is 213 g/mol. The first-order valence-electron chi connectivity index (χ1n) is 5.95. The molecule has 1 aliphatic rings. The Labute approximate surface area is 98.5 Å². The lowest BCUT2D eigenvalue weighted by atomic mass is 9.80. The number of aryl methyl sites for hydroxylation is 1. The number of terminal acetylenes is 1. The average Bonchev–Trinajstić information content (AvgIpc) is 2.29. The third-order valence-electron chi connectivity index (χ3n) is 3.60. The second-order valence-corrected chi connectivity index (χ2v) is 4.78. The number of benzene rings is 1. The van der Waals surface area contributed by atoms with Crippen LogP contribution in [0.4, 0.5) is 0 Å². The molecule has 0 amide bonds. The van der Waals surface area contributed by atoms with E-state index in [1.165, 1.54) is 24.0 Å². The zero-order chi connectivity index (χ0) is 11.5. The first-order valence-corrected chi connectivity index (χ1v) is 5.95. The third-order valence-corrected chi connectivity index (χ3v) is 3.60. The summed E-state index contributed by atoms with van der Waals surface area (Å²) in [5.41, 5.74) is 2.97. The highest BCUT2D eigenvalue weighted by Crippen LogP contribution is 2.37. The van der Waals surface area contributed by atoms with E-state index in [1.54, 1.807) is 0 Å². The van der Waals surface area contributed by atoms with Crippen LogP contribution in [0.1, 0.15) is 30.5 Å².